The van der Waals surface area contributed by atoms with Crippen LogP contribution < -0.4 is 0 Å². The van der Waals surface area contributed by atoms with E-state index in [4.69, 9.17) is 4.74 Å². The molecule has 0 N–H and O–H groups in total. The van der Waals surface area contributed by atoms with Crippen LogP contribution in [0.3, 0.4) is 0 Å². The molecule has 1 unspecified atom stereocenters. The molecule has 1 saturated heterocycles. The summed E-state index contributed by atoms with van der Waals surface area (Å²) in [5, 5.41) is 0. The van der Waals surface area contributed by atoms with Gasteiger partial charge < -0.3 is 9.64 Å². The van der Waals surface area contributed by atoms with Gasteiger partial charge in [0.1, 0.15) is 6.61 Å². The molecule has 2 rings (SSSR count). The number of nitrogens with zero attached hydrogens (tertiary/aromatic N) is 1. The molecule has 1 heterocycles. The summed E-state index contributed by atoms with van der Waals surface area (Å²) in [5.41, 5.74) is -1.04. The predicted molar refractivity (Wildman–Crippen MR) is 67.3 cm³/mol. The van der Waals surface area contributed by atoms with Crippen molar-refractivity contribution in [2.45, 2.75) is 25.6 Å². The van der Waals surface area contributed by atoms with Crippen LogP contribution in [0.25, 0.3) is 0 Å². The number of hydrogen-bond acceptors (Lipinski definition) is 3. The average molecular weight is 265 g/mol. The lowest BCUT2D eigenvalue weighted by Crippen LogP contribution is -2.37. The number of ketones is 1. The number of benzene rings is 1. The Morgan fingerprint density at radius 1 is 1.37 bits per heavy atom. The normalized spacial score (nSPS) is 22.3. The molecule has 5 heteroatoms. The van der Waals surface area contributed by atoms with E-state index in [0.29, 0.717) is 0 Å². The standard InChI is InChI=1S/C14H16FNO3/c1-11(17)14(15)7-8-16(10-14)13(18)19-9-12-5-3-2-4-6-12/h2-6H,7-10H2,1H3. The van der Waals surface area contributed by atoms with E-state index in [1.54, 1.807) is 0 Å². The van der Waals surface area contributed by atoms with Crippen molar-refractivity contribution < 1.29 is 18.7 Å². The molecule has 1 aliphatic rings. The summed E-state index contributed by atoms with van der Waals surface area (Å²) in [4.78, 5) is 24.2. The SMILES string of the molecule is CC(=O)C1(F)CCN(C(=O)OCc2ccccc2)C1. The number of alkyl halides is 1. The highest BCUT2D eigenvalue weighted by Crippen LogP contribution is 2.27. The second-order valence-corrected chi connectivity index (χ2v) is 4.73. The molecule has 1 aromatic rings. The summed E-state index contributed by atoms with van der Waals surface area (Å²) in [6, 6.07) is 9.25. The predicted octanol–water partition coefficient (Wildman–Crippen LogP) is 2.33. The second-order valence-electron chi connectivity index (χ2n) is 4.73. The number of halogens is 1. The van der Waals surface area contributed by atoms with Crippen LogP contribution in [-0.4, -0.2) is 35.5 Å². The third-order valence-corrected chi connectivity index (χ3v) is 3.31. The highest BCUT2D eigenvalue weighted by atomic mass is 19.1. The molecular weight excluding hydrogens is 249 g/mol. The van der Waals surface area contributed by atoms with E-state index in [1.165, 1.54) is 11.8 Å². The Hall–Kier alpha value is -1.91. The fourth-order valence-electron chi connectivity index (χ4n) is 2.03. The van der Waals surface area contributed by atoms with Crippen molar-refractivity contribution in [2.75, 3.05) is 13.1 Å². The van der Waals surface area contributed by atoms with Gasteiger partial charge in [0.2, 0.25) is 0 Å². The number of ether oxygens (including phenoxy) is 1. The Bertz CT molecular complexity index is 477. The van der Waals surface area contributed by atoms with Crippen LogP contribution in [-0.2, 0) is 16.1 Å². The molecule has 4 nitrogen and oxygen atoms in total. The zero-order chi connectivity index (χ0) is 13.9. The largest absolute Gasteiger partial charge is 0.445 e. The number of Topliss-reactive ketones (excluding diaryl/α,β-unsaturated/α-hetero) is 1. The van der Waals surface area contributed by atoms with E-state index in [0.717, 1.165) is 5.56 Å². The summed E-state index contributed by atoms with van der Waals surface area (Å²) in [6.45, 7) is 1.36. The average Bonchev–Trinajstić information content (AvgIpc) is 2.81. The highest BCUT2D eigenvalue weighted by Gasteiger charge is 2.44. The fraction of sp³-hybridized carbons (Fsp3) is 0.429. The van der Waals surface area contributed by atoms with Crippen LogP contribution in [0.2, 0.25) is 0 Å². The van der Waals surface area contributed by atoms with Gasteiger partial charge in [-0.15, -0.1) is 0 Å². The summed E-state index contributed by atoms with van der Waals surface area (Å²) >= 11 is 0. The lowest BCUT2D eigenvalue weighted by atomic mass is 10.0. The lowest BCUT2D eigenvalue weighted by molar-refractivity contribution is -0.127. The van der Waals surface area contributed by atoms with Crippen LogP contribution in [0.15, 0.2) is 30.3 Å². The van der Waals surface area contributed by atoms with Crippen molar-refractivity contribution in [1.82, 2.24) is 4.90 Å². The Morgan fingerprint density at radius 2 is 2.05 bits per heavy atom. The van der Waals surface area contributed by atoms with E-state index in [2.05, 4.69) is 0 Å². The monoisotopic (exact) mass is 265 g/mol. The Kier molecular flexibility index (Phi) is 3.83. The molecular formula is C14H16FNO3. The first-order valence-electron chi connectivity index (χ1n) is 6.17. The summed E-state index contributed by atoms with van der Waals surface area (Å²) in [7, 11) is 0. The minimum atomic E-state index is -1.91. The molecule has 0 radical (unpaired) electrons. The van der Waals surface area contributed by atoms with E-state index in [9.17, 15) is 14.0 Å². The van der Waals surface area contributed by atoms with Gasteiger partial charge in [-0.05, 0) is 12.5 Å². The maximum Gasteiger partial charge on any atom is 0.410 e. The van der Waals surface area contributed by atoms with Crippen LogP contribution in [0, 0.1) is 0 Å². The first kappa shape index (κ1) is 13.5. The maximum atomic E-state index is 14.0. The molecule has 0 aromatic heterocycles. The molecule has 0 aliphatic carbocycles. The van der Waals surface area contributed by atoms with E-state index < -0.39 is 17.5 Å². The number of amides is 1. The van der Waals surface area contributed by atoms with Gasteiger partial charge >= 0.3 is 6.09 Å². The molecule has 0 bridgehead atoms. The quantitative estimate of drug-likeness (QED) is 0.842. The number of likely N-dealkylation sites (tertiary alicyclic amines) is 1. The summed E-state index contributed by atoms with van der Waals surface area (Å²) in [5.74, 6) is -0.536. The molecule has 0 saturated carbocycles. The van der Waals surface area contributed by atoms with Crippen LogP contribution in [0.5, 0.6) is 0 Å². The minimum Gasteiger partial charge on any atom is -0.445 e. The van der Waals surface area contributed by atoms with Gasteiger partial charge in [0, 0.05) is 13.0 Å². The van der Waals surface area contributed by atoms with Crippen molar-refractivity contribution in [2.24, 2.45) is 0 Å². The highest BCUT2D eigenvalue weighted by molar-refractivity contribution is 5.86. The van der Waals surface area contributed by atoms with Gasteiger partial charge in [0.25, 0.3) is 0 Å². The Balaban J connectivity index is 1.87. The first-order valence-corrected chi connectivity index (χ1v) is 6.17. The van der Waals surface area contributed by atoms with Crippen LogP contribution >= 0.6 is 0 Å². The van der Waals surface area contributed by atoms with Gasteiger partial charge in [0.05, 0.1) is 6.54 Å². The fourth-order valence-corrected chi connectivity index (χ4v) is 2.03. The number of hydrogen-bond donors (Lipinski definition) is 0. The van der Waals surface area contributed by atoms with E-state index in [1.807, 2.05) is 30.3 Å². The summed E-state index contributed by atoms with van der Waals surface area (Å²) in [6.07, 6.45) is -0.535. The zero-order valence-corrected chi connectivity index (χ0v) is 10.8. The topological polar surface area (TPSA) is 46.6 Å². The molecule has 102 valence electrons. The van der Waals surface area contributed by atoms with Crippen molar-refractivity contribution in [3.63, 3.8) is 0 Å². The van der Waals surface area contributed by atoms with Gasteiger partial charge in [-0.2, -0.15) is 0 Å². The molecule has 19 heavy (non-hydrogen) atoms. The van der Waals surface area contributed by atoms with Crippen molar-refractivity contribution in [3.8, 4) is 0 Å². The number of carbonyl (C=O) groups excluding carboxylic acids is 2. The molecule has 1 fully saturated rings. The molecule has 1 amide bonds. The van der Waals surface area contributed by atoms with E-state index in [-0.39, 0.29) is 26.1 Å². The van der Waals surface area contributed by atoms with Crippen molar-refractivity contribution in [1.29, 1.82) is 0 Å². The van der Waals surface area contributed by atoms with Crippen LogP contribution in [0.4, 0.5) is 9.18 Å². The van der Waals surface area contributed by atoms with E-state index >= 15 is 0 Å². The van der Waals surface area contributed by atoms with Gasteiger partial charge in [-0.25, -0.2) is 9.18 Å². The number of rotatable bonds is 3. The van der Waals surface area contributed by atoms with Gasteiger partial charge in [-0.3, -0.25) is 4.79 Å². The smallest absolute Gasteiger partial charge is 0.410 e. The van der Waals surface area contributed by atoms with Gasteiger partial charge in [-0.1, -0.05) is 30.3 Å². The third-order valence-electron chi connectivity index (χ3n) is 3.31. The molecule has 1 atom stereocenters. The van der Waals surface area contributed by atoms with Gasteiger partial charge in [0.15, 0.2) is 11.5 Å². The maximum absolute atomic E-state index is 14.0. The minimum absolute atomic E-state index is 0.0444. The Labute approximate surface area is 111 Å². The van der Waals surface area contributed by atoms with Crippen molar-refractivity contribution in [3.05, 3.63) is 35.9 Å². The zero-order valence-electron chi connectivity index (χ0n) is 10.8. The van der Waals surface area contributed by atoms with Crippen LogP contribution in [0.1, 0.15) is 18.9 Å². The Morgan fingerprint density at radius 3 is 2.63 bits per heavy atom. The number of carbonyl (C=O) groups is 2. The van der Waals surface area contributed by atoms with Crippen molar-refractivity contribution >= 4 is 11.9 Å². The summed E-state index contributed by atoms with van der Waals surface area (Å²) < 4.78 is 19.1. The third kappa shape index (κ3) is 3.10. The second kappa shape index (κ2) is 5.38. The lowest BCUT2D eigenvalue weighted by Gasteiger charge is -2.18. The first-order chi connectivity index (χ1) is 9.01. The molecule has 1 aliphatic heterocycles. The molecule has 0 spiro atoms. The molecule has 1 aromatic carbocycles.